The van der Waals surface area contributed by atoms with Crippen LogP contribution in [0.1, 0.15) is 22.8 Å². The van der Waals surface area contributed by atoms with Crippen LogP contribution in [0.4, 0.5) is 11.4 Å². The molecule has 0 radical (unpaired) electrons. The number of anilines is 1. The van der Waals surface area contributed by atoms with Gasteiger partial charge in [0, 0.05) is 29.5 Å². The van der Waals surface area contributed by atoms with Gasteiger partial charge in [0.2, 0.25) is 0 Å². The largest absolute Gasteiger partial charge is 0.452 e. The maximum Gasteiger partial charge on any atom is 0.331 e. The average Bonchev–Trinajstić information content (AvgIpc) is 2.65. The topological polar surface area (TPSA) is 116 Å². The molecule has 0 fully saturated rings. The normalized spacial score (nSPS) is 10.4. The number of carbonyl (C=O) groups is 3. The standard InChI is InChI=1S/C19H16N2O6/c1-13(22)15-6-8-16(9-7-15)20-18(23)12-27-19(24)10-5-14-3-2-4-17(11-14)21(25)26/h2-11H,12H2,1H3,(H,20,23)/b10-5+. The van der Waals surface area contributed by atoms with Gasteiger partial charge in [-0.05, 0) is 42.8 Å². The number of nitro benzene ring substituents is 1. The number of carbonyl (C=O) groups excluding carboxylic acids is 3. The fourth-order valence-electron chi connectivity index (χ4n) is 2.08. The van der Waals surface area contributed by atoms with Gasteiger partial charge in [-0.2, -0.15) is 0 Å². The van der Waals surface area contributed by atoms with Crippen LogP contribution in [-0.2, 0) is 14.3 Å². The van der Waals surface area contributed by atoms with Crippen LogP contribution in [0.5, 0.6) is 0 Å². The average molecular weight is 368 g/mol. The van der Waals surface area contributed by atoms with Crippen molar-refractivity contribution in [3.8, 4) is 0 Å². The van der Waals surface area contributed by atoms with Crippen LogP contribution in [0, 0.1) is 10.1 Å². The van der Waals surface area contributed by atoms with Gasteiger partial charge in [0.05, 0.1) is 4.92 Å². The zero-order valence-corrected chi connectivity index (χ0v) is 14.4. The second kappa shape index (κ2) is 9.04. The maximum atomic E-state index is 11.8. The molecule has 8 nitrogen and oxygen atoms in total. The number of benzene rings is 2. The fraction of sp³-hybridized carbons (Fsp3) is 0.105. The summed E-state index contributed by atoms with van der Waals surface area (Å²) < 4.78 is 4.81. The molecular formula is C19H16N2O6. The van der Waals surface area contributed by atoms with Crippen LogP contribution in [0.2, 0.25) is 0 Å². The Morgan fingerprint density at radius 1 is 1.15 bits per heavy atom. The third-order valence-electron chi connectivity index (χ3n) is 3.41. The molecule has 138 valence electrons. The van der Waals surface area contributed by atoms with E-state index in [0.29, 0.717) is 16.8 Å². The Morgan fingerprint density at radius 3 is 2.48 bits per heavy atom. The molecule has 1 N–H and O–H groups in total. The summed E-state index contributed by atoms with van der Waals surface area (Å²) in [5.41, 5.74) is 1.34. The van der Waals surface area contributed by atoms with Gasteiger partial charge in [-0.1, -0.05) is 12.1 Å². The fourth-order valence-corrected chi connectivity index (χ4v) is 2.08. The number of nitrogens with zero attached hydrogens (tertiary/aromatic N) is 1. The molecule has 0 aliphatic carbocycles. The highest BCUT2D eigenvalue weighted by atomic mass is 16.6. The predicted octanol–water partition coefficient (Wildman–Crippen LogP) is 2.99. The number of non-ortho nitro benzene ring substituents is 1. The molecule has 0 spiro atoms. The quantitative estimate of drug-likeness (QED) is 0.264. The summed E-state index contributed by atoms with van der Waals surface area (Å²) >= 11 is 0. The minimum Gasteiger partial charge on any atom is -0.452 e. The highest BCUT2D eigenvalue weighted by Crippen LogP contribution is 2.14. The number of hydrogen-bond donors (Lipinski definition) is 1. The molecule has 8 heteroatoms. The minimum absolute atomic E-state index is 0.0858. The minimum atomic E-state index is -0.761. The van der Waals surface area contributed by atoms with Gasteiger partial charge in [0.15, 0.2) is 12.4 Å². The highest BCUT2D eigenvalue weighted by Gasteiger charge is 2.07. The van der Waals surface area contributed by atoms with Crippen molar-refractivity contribution in [1.29, 1.82) is 0 Å². The SMILES string of the molecule is CC(=O)c1ccc(NC(=O)COC(=O)/C=C/c2cccc([N+](=O)[O-])c2)cc1. The lowest BCUT2D eigenvalue weighted by Crippen LogP contribution is -2.20. The first kappa shape index (κ1) is 19.5. The summed E-state index contributed by atoms with van der Waals surface area (Å²) in [5, 5.41) is 13.2. The number of rotatable bonds is 7. The van der Waals surface area contributed by atoms with Crippen molar-refractivity contribution in [3.05, 3.63) is 75.8 Å². The number of ether oxygens (including phenoxy) is 1. The van der Waals surface area contributed by atoms with E-state index in [0.717, 1.165) is 6.08 Å². The molecule has 0 aliphatic rings. The van der Waals surface area contributed by atoms with Crippen LogP contribution in [0.3, 0.4) is 0 Å². The van der Waals surface area contributed by atoms with E-state index in [1.807, 2.05) is 0 Å². The summed E-state index contributed by atoms with van der Waals surface area (Å²) in [5.74, 6) is -1.39. The van der Waals surface area contributed by atoms with Crippen LogP contribution < -0.4 is 5.32 Å². The van der Waals surface area contributed by atoms with Crippen LogP contribution in [0.25, 0.3) is 6.08 Å². The summed E-state index contributed by atoms with van der Waals surface area (Å²) in [6, 6.07) is 12.0. The zero-order valence-electron chi connectivity index (χ0n) is 14.4. The Balaban J connectivity index is 1.84. The Labute approximate surface area is 154 Å². The van der Waals surface area contributed by atoms with Gasteiger partial charge in [-0.15, -0.1) is 0 Å². The predicted molar refractivity (Wildman–Crippen MR) is 98.2 cm³/mol. The van der Waals surface area contributed by atoms with E-state index in [-0.39, 0.29) is 11.5 Å². The number of nitro groups is 1. The Bertz CT molecular complexity index is 903. The van der Waals surface area contributed by atoms with Crippen LogP contribution >= 0.6 is 0 Å². The number of hydrogen-bond acceptors (Lipinski definition) is 6. The zero-order chi connectivity index (χ0) is 19.8. The van der Waals surface area contributed by atoms with Crippen molar-refractivity contribution in [3.63, 3.8) is 0 Å². The van der Waals surface area contributed by atoms with Crippen LogP contribution in [0.15, 0.2) is 54.6 Å². The molecule has 2 rings (SSSR count). The van der Waals surface area contributed by atoms with Crippen molar-refractivity contribution >= 4 is 35.1 Å². The first-order valence-electron chi connectivity index (χ1n) is 7.85. The van der Waals surface area contributed by atoms with Gasteiger partial charge < -0.3 is 10.1 Å². The summed E-state index contributed by atoms with van der Waals surface area (Å²) in [6.07, 6.45) is 2.43. The van der Waals surface area contributed by atoms with Gasteiger partial charge in [0.1, 0.15) is 0 Å². The molecule has 0 aliphatic heterocycles. The molecule has 27 heavy (non-hydrogen) atoms. The van der Waals surface area contributed by atoms with E-state index in [4.69, 9.17) is 4.74 Å². The molecule has 2 aromatic carbocycles. The first-order chi connectivity index (χ1) is 12.8. The Hall–Kier alpha value is -3.81. The molecule has 0 aromatic heterocycles. The number of esters is 1. The van der Waals surface area contributed by atoms with Crippen molar-refractivity contribution in [2.45, 2.75) is 6.92 Å². The van der Waals surface area contributed by atoms with Crippen molar-refractivity contribution in [2.24, 2.45) is 0 Å². The Kier molecular flexibility index (Phi) is 6.54. The second-order valence-corrected chi connectivity index (χ2v) is 5.47. The smallest absolute Gasteiger partial charge is 0.331 e. The summed E-state index contributed by atoms with van der Waals surface area (Å²) in [7, 11) is 0. The van der Waals surface area contributed by atoms with Crippen molar-refractivity contribution in [2.75, 3.05) is 11.9 Å². The third-order valence-corrected chi connectivity index (χ3v) is 3.41. The van der Waals surface area contributed by atoms with Crippen molar-refractivity contribution in [1.82, 2.24) is 0 Å². The molecule has 0 heterocycles. The molecule has 0 unspecified atom stereocenters. The van der Waals surface area contributed by atoms with E-state index in [1.165, 1.54) is 31.2 Å². The summed E-state index contributed by atoms with van der Waals surface area (Å²) in [6.45, 7) is 0.945. The van der Waals surface area contributed by atoms with Gasteiger partial charge in [-0.25, -0.2) is 4.79 Å². The number of ketones is 1. The highest BCUT2D eigenvalue weighted by molar-refractivity contribution is 5.96. The monoisotopic (exact) mass is 368 g/mol. The van der Waals surface area contributed by atoms with Crippen molar-refractivity contribution < 1.29 is 24.0 Å². The molecule has 2 aromatic rings. The summed E-state index contributed by atoms with van der Waals surface area (Å²) in [4.78, 5) is 44.8. The van der Waals surface area contributed by atoms with Gasteiger partial charge in [0.25, 0.3) is 11.6 Å². The first-order valence-corrected chi connectivity index (χ1v) is 7.85. The number of Topliss-reactive ketones (excluding diaryl/α,β-unsaturated/α-hetero) is 1. The third kappa shape index (κ3) is 6.20. The van der Waals surface area contributed by atoms with Gasteiger partial charge >= 0.3 is 5.97 Å². The lowest BCUT2D eigenvalue weighted by Gasteiger charge is -2.06. The molecule has 0 bridgehead atoms. The number of nitrogens with one attached hydrogen (secondary N) is 1. The van der Waals surface area contributed by atoms with E-state index in [1.54, 1.807) is 30.3 Å². The molecular weight excluding hydrogens is 352 g/mol. The number of amides is 1. The lowest BCUT2D eigenvalue weighted by molar-refractivity contribution is -0.384. The maximum absolute atomic E-state index is 11.8. The second-order valence-electron chi connectivity index (χ2n) is 5.47. The van der Waals surface area contributed by atoms with Crippen LogP contribution in [-0.4, -0.2) is 29.2 Å². The molecule has 0 atom stereocenters. The molecule has 1 amide bonds. The Morgan fingerprint density at radius 2 is 1.85 bits per heavy atom. The molecule has 0 saturated heterocycles. The molecule has 0 saturated carbocycles. The lowest BCUT2D eigenvalue weighted by atomic mass is 10.1. The van der Waals surface area contributed by atoms with Gasteiger partial charge in [-0.3, -0.25) is 19.7 Å². The van der Waals surface area contributed by atoms with E-state index in [9.17, 15) is 24.5 Å². The van der Waals surface area contributed by atoms with E-state index in [2.05, 4.69) is 5.32 Å². The van der Waals surface area contributed by atoms with E-state index < -0.39 is 23.4 Å². The van der Waals surface area contributed by atoms with E-state index >= 15 is 0 Å².